The molecule has 6 heteroatoms. The number of imidazole rings is 1. The van der Waals surface area contributed by atoms with Gasteiger partial charge in [-0.2, -0.15) is 4.40 Å². The minimum Gasteiger partial charge on any atom is -0.256 e. The summed E-state index contributed by atoms with van der Waals surface area (Å²) in [6.07, 6.45) is 5.92. The van der Waals surface area contributed by atoms with E-state index in [1.165, 1.54) is 106 Å². The molecule has 2 atom stereocenters. The lowest BCUT2D eigenvalue weighted by molar-refractivity contribution is -0.924. The molecule has 0 fully saturated rings. The Morgan fingerprint density at radius 1 is 0.621 bits per heavy atom. The number of aryl methyl sites for hydroxylation is 1. The number of hydrogen-bond donors (Lipinski definition) is 0. The zero-order chi connectivity index (χ0) is 37.2. The highest BCUT2D eigenvalue weighted by atomic mass is 15.9. The molecule has 6 aliphatic rings. The molecule has 266 valence electrons. The van der Waals surface area contributed by atoms with Crippen LogP contribution in [0.3, 0.4) is 0 Å². The molecule has 0 amide bonds. The molecule has 16 rings (SSSR count). The van der Waals surface area contributed by atoms with E-state index in [1.54, 1.807) is 0 Å². The first kappa shape index (κ1) is 29.0. The van der Waals surface area contributed by atoms with E-state index in [2.05, 4.69) is 159 Å². The molecule has 4 aliphatic heterocycles. The first-order valence-corrected chi connectivity index (χ1v) is 20.5. The normalized spacial score (nSPS) is 19.9. The van der Waals surface area contributed by atoms with E-state index in [1.807, 2.05) is 12.4 Å². The van der Waals surface area contributed by atoms with Crippen LogP contribution in [-0.2, 0) is 11.8 Å². The number of pyridine rings is 3. The van der Waals surface area contributed by atoms with Gasteiger partial charge >= 0.3 is 5.65 Å². The average molecular weight is 740 g/mol. The summed E-state index contributed by atoms with van der Waals surface area (Å²) in [5, 5.41) is 2.47. The van der Waals surface area contributed by atoms with Crippen molar-refractivity contribution in [2.75, 3.05) is 0 Å². The van der Waals surface area contributed by atoms with Crippen LogP contribution >= 0.6 is 0 Å². The first-order chi connectivity index (χ1) is 28.8. The predicted octanol–water partition coefficient (Wildman–Crippen LogP) is 10.3. The van der Waals surface area contributed by atoms with Gasteiger partial charge in [0.05, 0.1) is 17.0 Å². The van der Waals surface area contributed by atoms with Crippen LogP contribution in [0, 0.1) is 0 Å². The van der Waals surface area contributed by atoms with Crippen LogP contribution < -0.4 is 9.38 Å². The first-order valence-electron chi connectivity index (χ1n) is 20.5. The Bertz CT molecular complexity index is 3680. The third-order valence-corrected chi connectivity index (χ3v) is 14.8. The van der Waals surface area contributed by atoms with Gasteiger partial charge in [0, 0.05) is 55.5 Å². The zero-order valence-electron chi connectivity index (χ0n) is 31.2. The van der Waals surface area contributed by atoms with Crippen molar-refractivity contribution in [2.24, 2.45) is 0 Å². The van der Waals surface area contributed by atoms with Crippen molar-refractivity contribution in [3.8, 4) is 22.4 Å². The summed E-state index contributed by atoms with van der Waals surface area (Å²) in [5.41, 5.74) is 25.0. The van der Waals surface area contributed by atoms with Crippen molar-refractivity contribution in [3.63, 3.8) is 0 Å². The van der Waals surface area contributed by atoms with Crippen LogP contribution in [0.1, 0.15) is 51.3 Å². The summed E-state index contributed by atoms with van der Waals surface area (Å²) in [6, 6.07) is 55.3. The third kappa shape index (κ3) is 2.73. The topological polar surface area (TPSA) is 37.1 Å². The number of fused-ring (bicyclic) bond motifs is 18. The van der Waals surface area contributed by atoms with Gasteiger partial charge in [-0.1, -0.05) is 109 Å². The molecule has 6 aromatic carbocycles. The molecular weight excluding hydrogens is 709 g/mol. The van der Waals surface area contributed by atoms with E-state index < -0.39 is 5.41 Å². The van der Waals surface area contributed by atoms with Gasteiger partial charge in [0.25, 0.3) is 22.8 Å². The maximum atomic E-state index is 5.24. The maximum absolute atomic E-state index is 5.24. The van der Waals surface area contributed by atoms with Crippen molar-refractivity contribution in [1.82, 2.24) is 19.1 Å². The number of rotatable bonds is 0. The van der Waals surface area contributed by atoms with Crippen molar-refractivity contribution in [1.29, 1.82) is 0 Å². The molecule has 0 N–H and O–H groups in total. The fourth-order valence-electron chi connectivity index (χ4n) is 13.0. The molecule has 8 heterocycles. The van der Waals surface area contributed by atoms with Gasteiger partial charge in [-0.05, 0) is 71.0 Å². The van der Waals surface area contributed by atoms with Crippen LogP contribution in [-0.4, -0.2) is 24.8 Å². The Morgan fingerprint density at radius 2 is 1.34 bits per heavy atom. The van der Waals surface area contributed by atoms with E-state index in [0.717, 1.165) is 29.6 Å². The van der Waals surface area contributed by atoms with Crippen LogP contribution in [0.25, 0.3) is 60.9 Å². The molecule has 0 saturated heterocycles. The number of hydrogen-bond acceptors (Lipinski definition) is 2. The fourth-order valence-corrected chi connectivity index (χ4v) is 13.0. The molecular formula is C52H31N6+3. The lowest BCUT2D eigenvalue weighted by Crippen LogP contribution is -2.71. The van der Waals surface area contributed by atoms with Gasteiger partial charge in [-0.15, -0.1) is 0 Å². The van der Waals surface area contributed by atoms with Gasteiger partial charge in [0.15, 0.2) is 16.4 Å². The predicted molar refractivity (Wildman–Crippen MR) is 227 cm³/mol. The van der Waals surface area contributed by atoms with E-state index in [9.17, 15) is 0 Å². The quantitative estimate of drug-likeness (QED) is 0.0882. The molecule has 2 spiro atoms. The second-order valence-corrected chi connectivity index (χ2v) is 16.9. The Kier molecular flexibility index (Phi) is 4.65. The SMILES string of the molecule is c1cnc2c(c1)CCC1C3=[N+](c4ccccc41)[N+]14c5c(ccc-2c53)C2(c3ccccc3-c3ccccc32)c2ccc3c5ncccc5n5c6ccccc6[n+]1c5c3c24. The molecule has 10 aromatic rings. The highest BCUT2D eigenvalue weighted by molar-refractivity contribution is 6.22. The maximum Gasteiger partial charge on any atom is 0.360 e. The Hall–Kier alpha value is -7.28. The van der Waals surface area contributed by atoms with Crippen molar-refractivity contribution < 1.29 is 9.36 Å². The van der Waals surface area contributed by atoms with E-state index >= 15 is 0 Å². The number of para-hydroxylation sites is 3. The minimum atomic E-state index is -0.566. The number of nitrogens with zero attached hydrogens (tertiary/aromatic N) is 6. The summed E-state index contributed by atoms with van der Waals surface area (Å²) < 4.78 is 8.42. The molecule has 2 aliphatic carbocycles. The minimum absolute atomic E-state index is 0.212. The fraction of sp³-hybridized carbons (Fsp3) is 0.0769. The Morgan fingerprint density at radius 3 is 2.24 bits per heavy atom. The van der Waals surface area contributed by atoms with Crippen LogP contribution in [0.4, 0.5) is 17.1 Å². The summed E-state index contributed by atoms with van der Waals surface area (Å²) in [6.45, 7) is 0. The molecule has 4 aromatic heterocycles. The van der Waals surface area contributed by atoms with E-state index in [-0.39, 0.29) is 5.92 Å². The number of benzene rings is 6. The van der Waals surface area contributed by atoms with Crippen LogP contribution in [0.5, 0.6) is 0 Å². The van der Waals surface area contributed by atoms with Crippen molar-refractivity contribution in [2.45, 2.75) is 24.2 Å². The zero-order valence-corrected chi connectivity index (χ0v) is 31.2. The number of quaternary nitrogens is 1. The Balaban J connectivity index is 1.25. The average Bonchev–Trinajstić information content (AvgIpc) is 4.04. The van der Waals surface area contributed by atoms with Gasteiger partial charge in [0.1, 0.15) is 15.8 Å². The summed E-state index contributed by atoms with van der Waals surface area (Å²) in [7, 11) is 0. The van der Waals surface area contributed by atoms with Gasteiger partial charge < -0.3 is 0 Å². The Labute approximate surface area is 332 Å². The second kappa shape index (κ2) is 9.29. The van der Waals surface area contributed by atoms with Crippen LogP contribution in [0.15, 0.2) is 158 Å². The lowest BCUT2D eigenvalue weighted by atomic mass is 9.63. The molecule has 0 bridgehead atoms. The largest absolute Gasteiger partial charge is 0.360 e. The second-order valence-electron chi connectivity index (χ2n) is 16.9. The summed E-state index contributed by atoms with van der Waals surface area (Å²) in [5.74, 6) is 0.212. The van der Waals surface area contributed by atoms with E-state index in [4.69, 9.17) is 9.97 Å². The highest BCUT2D eigenvalue weighted by Crippen LogP contribution is 2.70. The van der Waals surface area contributed by atoms with Gasteiger partial charge in [-0.25, -0.2) is 0 Å². The third-order valence-electron chi connectivity index (χ3n) is 14.8. The summed E-state index contributed by atoms with van der Waals surface area (Å²) >= 11 is 0. The van der Waals surface area contributed by atoms with Crippen molar-refractivity contribution in [3.05, 3.63) is 197 Å². The number of aromatic nitrogens is 4. The molecule has 2 unspecified atom stereocenters. The molecule has 6 nitrogen and oxygen atoms in total. The molecule has 58 heavy (non-hydrogen) atoms. The molecule has 0 radical (unpaired) electrons. The van der Waals surface area contributed by atoms with Gasteiger partial charge in [-0.3, -0.25) is 9.97 Å². The summed E-state index contributed by atoms with van der Waals surface area (Å²) in [4.78, 5) is 10.4. The van der Waals surface area contributed by atoms with Crippen LogP contribution in [0.2, 0.25) is 0 Å². The van der Waals surface area contributed by atoms with Crippen molar-refractivity contribution >= 4 is 61.3 Å². The van der Waals surface area contributed by atoms with Gasteiger partial charge in [0.2, 0.25) is 5.52 Å². The standard InChI is InChI=1S/C52H31N6/c1-4-15-36-30(12-1)31-13-2-5-16-37(31)52(36)38-25-23-34-44-48-33(22-21-29-11-9-27-53-46(29)34)32-14-3-6-17-40(32)56(48)58(49(38)44)50-39(52)26-24-35-45(50)51-55(43-20-10-28-54-47(35)43)41-18-7-8-19-42(41)57(51)58/h1-20,23-28,33H,21-22H2/q+3. The monoisotopic (exact) mass is 739 g/mol. The van der Waals surface area contributed by atoms with E-state index in [0.29, 0.717) is 4.70 Å². The lowest BCUT2D eigenvalue weighted by Gasteiger charge is -2.40. The highest BCUT2D eigenvalue weighted by Gasteiger charge is 2.77. The smallest absolute Gasteiger partial charge is 0.256 e. The molecule has 0 saturated carbocycles.